The number of piperidine rings is 1. The smallest absolute Gasteiger partial charge is 0.263 e. The number of carbonyl (C=O) groups is 4. The van der Waals surface area contributed by atoms with Gasteiger partial charge in [0.05, 0.1) is 17.7 Å². The van der Waals surface area contributed by atoms with Gasteiger partial charge in [0, 0.05) is 25.0 Å². The predicted octanol–water partition coefficient (Wildman–Crippen LogP) is 2.44. The molecule has 162 valence electrons. The minimum Gasteiger partial charge on any atom is -0.377 e. The van der Waals surface area contributed by atoms with Crippen LogP contribution in [0.2, 0.25) is 0 Å². The first-order chi connectivity index (χ1) is 15.6. The number of ether oxygens (including phenoxy) is 1. The zero-order chi connectivity index (χ0) is 22.5. The molecule has 4 amide bonds. The summed E-state index contributed by atoms with van der Waals surface area (Å²) in [7, 11) is 0. The molecular weight excluding hydrogens is 408 g/mol. The minimum atomic E-state index is -0.984. The van der Waals surface area contributed by atoms with Crippen molar-refractivity contribution >= 4 is 23.6 Å². The van der Waals surface area contributed by atoms with Gasteiger partial charge in [0.25, 0.3) is 11.8 Å². The van der Waals surface area contributed by atoms with Gasteiger partial charge in [-0.15, -0.1) is 0 Å². The molecule has 2 aromatic rings. The Morgan fingerprint density at radius 3 is 2.59 bits per heavy atom. The number of amides is 4. The zero-order valence-corrected chi connectivity index (χ0v) is 17.4. The maximum atomic E-state index is 13.0. The molecule has 0 bridgehead atoms. The molecule has 4 rings (SSSR count). The van der Waals surface area contributed by atoms with Crippen LogP contribution < -0.4 is 5.32 Å². The minimum absolute atomic E-state index is 0.0861. The third-order valence-electron chi connectivity index (χ3n) is 5.39. The Labute approximate surface area is 185 Å². The number of hydrogen-bond acceptors (Lipinski definition) is 5. The lowest BCUT2D eigenvalue weighted by Gasteiger charge is -2.27. The van der Waals surface area contributed by atoms with E-state index in [1.807, 2.05) is 30.3 Å². The van der Waals surface area contributed by atoms with Crippen LogP contribution in [-0.4, -0.2) is 41.2 Å². The maximum Gasteiger partial charge on any atom is 0.263 e. The number of carbonyl (C=O) groups excluding carboxylic acids is 4. The molecule has 7 nitrogen and oxygen atoms in total. The first-order valence-electron chi connectivity index (χ1n) is 10.5. The van der Waals surface area contributed by atoms with Crippen LogP contribution in [0.3, 0.4) is 0 Å². The number of fused-ring (bicyclic) bond motifs is 1. The van der Waals surface area contributed by atoms with Crippen LogP contribution in [0.4, 0.5) is 0 Å². The van der Waals surface area contributed by atoms with Crippen molar-refractivity contribution < 1.29 is 23.9 Å². The summed E-state index contributed by atoms with van der Waals surface area (Å²) in [6.45, 7) is 1.12. The van der Waals surface area contributed by atoms with Crippen molar-refractivity contribution in [2.45, 2.75) is 38.3 Å². The van der Waals surface area contributed by atoms with Crippen LogP contribution in [0.1, 0.15) is 57.5 Å². The molecule has 0 aromatic heterocycles. The van der Waals surface area contributed by atoms with E-state index in [2.05, 4.69) is 17.2 Å². The van der Waals surface area contributed by atoms with Crippen molar-refractivity contribution in [3.63, 3.8) is 0 Å². The summed E-state index contributed by atoms with van der Waals surface area (Å²) in [4.78, 5) is 50.4. The van der Waals surface area contributed by atoms with Gasteiger partial charge in [-0.2, -0.15) is 0 Å². The monoisotopic (exact) mass is 430 g/mol. The van der Waals surface area contributed by atoms with Gasteiger partial charge in [-0.1, -0.05) is 48.2 Å². The lowest BCUT2D eigenvalue weighted by Crippen LogP contribution is -2.54. The van der Waals surface area contributed by atoms with Crippen LogP contribution in [0.5, 0.6) is 0 Å². The molecule has 2 heterocycles. The van der Waals surface area contributed by atoms with Gasteiger partial charge in [-0.05, 0) is 30.5 Å². The van der Waals surface area contributed by atoms with Crippen molar-refractivity contribution in [1.82, 2.24) is 10.2 Å². The summed E-state index contributed by atoms with van der Waals surface area (Å²) < 4.78 is 5.64. The van der Waals surface area contributed by atoms with Crippen molar-refractivity contribution in [3.8, 4) is 11.8 Å². The molecule has 32 heavy (non-hydrogen) atoms. The molecule has 0 spiro atoms. The van der Waals surface area contributed by atoms with E-state index in [1.54, 1.807) is 18.2 Å². The van der Waals surface area contributed by atoms with Crippen LogP contribution in [0, 0.1) is 11.8 Å². The maximum absolute atomic E-state index is 13.0. The molecule has 1 saturated heterocycles. The Hall–Kier alpha value is -3.76. The van der Waals surface area contributed by atoms with E-state index in [1.165, 1.54) is 0 Å². The number of nitrogens with zero attached hydrogens (tertiary/aromatic N) is 1. The highest BCUT2D eigenvalue weighted by atomic mass is 16.5. The molecule has 1 unspecified atom stereocenters. The number of hydrogen-bond donors (Lipinski definition) is 1. The molecule has 1 N–H and O–H groups in total. The Bertz CT molecular complexity index is 1130. The molecule has 1 atom stereocenters. The number of benzene rings is 2. The zero-order valence-electron chi connectivity index (χ0n) is 17.4. The van der Waals surface area contributed by atoms with Gasteiger partial charge >= 0.3 is 0 Å². The number of rotatable bonds is 6. The van der Waals surface area contributed by atoms with Crippen LogP contribution in [-0.2, 0) is 20.9 Å². The van der Waals surface area contributed by atoms with Crippen LogP contribution in [0.25, 0.3) is 0 Å². The lowest BCUT2D eigenvalue weighted by molar-refractivity contribution is -0.136. The Balaban J connectivity index is 1.38. The van der Waals surface area contributed by atoms with Crippen molar-refractivity contribution in [1.29, 1.82) is 0 Å². The second kappa shape index (κ2) is 9.58. The summed E-state index contributed by atoms with van der Waals surface area (Å²) in [6.07, 6.45) is 1.53. The molecule has 1 fully saturated rings. The fourth-order valence-corrected chi connectivity index (χ4v) is 3.80. The first kappa shape index (κ1) is 21.5. The van der Waals surface area contributed by atoms with E-state index >= 15 is 0 Å². The Morgan fingerprint density at radius 2 is 1.81 bits per heavy atom. The van der Waals surface area contributed by atoms with Gasteiger partial charge in [-0.3, -0.25) is 29.4 Å². The van der Waals surface area contributed by atoms with Gasteiger partial charge in [0.15, 0.2) is 0 Å². The molecule has 2 aromatic carbocycles. The van der Waals surface area contributed by atoms with Crippen LogP contribution >= 0.6 is 0 Å². The van der Waals surface area contributed by atoms with Gasteiger partial charge < -0.3 is 4.74 Å². The second-order valence-electron chi connectivity index (χ2n) is 7.62. The van der Waals surface area contributed by atoms with E-state index in [-0.39, 0.29) is 24.0 Å². The molecule has 2 aliphatic rings. The highest BCUT2D eigenvalue weighted by molar-refractivity contribution is 6.24. The number of nitrogens with one attached hydrogen (secondary N) is 1. The highest BCUT2D eigenvalue weighted by Gasteiger charge is 2.45. The summed E-state index contributed by atoms with van der Waals surface area (Å²) in [5.74, 6) is 3.92. The Morgan fingerprint density at radius 1 is 1.00 bits per heavy atom. The highest BCUT2D eigenvalue weighted by Crippen LogP contribution is 2.29. The number of unbranched alkanes of at least 4 members (excludes halogenated alkanes) is 1. The SMILES string of the molecule is O=C1CCC(N2C(=O)c3cccc(C#CCCCOCc4ccccc4)c3C2=O)C(=O)N1. The van der Waals surface area contributed by atoms with Crippen molar-refractivity contribution in [2.24, 2.45) is 0 Å². The molecular formula is C25H22N2O5. The van der Waals surface area contributed by atoms with Crippen molar-refractivity contribution in [3.05, 3.63) is 70.8 Å². The van der Waals surface area contributed by atoms with Gasteiger partial charge in [0.2, 0.25) is 11.8 Å². The fourth-order valence-electron chi connectivity index (χ4n) is 3.80. The summed E-state index contributed by atoms with van der Waals surface area (Å²) >= 11 is 0. The van der Waals surface area contributed by atoms with Crippen LogP contribution in [0.15, 0.2) is 48.5 Å². The number of imide groups is 2. The normalized spacial score (nSPS) is 17.6. The average molecular weight is 430 g/mol. The summed E-state index contributed by atoms with van der Waals surface area (Å²) in [6, 6.07) is 13.8. The predicted molar refractivity (Wildman–Crippen MR) is 115 cm³/mol. The fraction of sp³-hybridized carbons (Fsp3) is 0.280. The lowest BCUT2D eigenvalue weighted by atomic mass is 10.0. The van der Waals surface area contributed by atoms with E-state index in [4.69, 9.17) is 4.74 Å². The van der Waals surface area contributed by atoms with Gasteiger partial charge in [0.1, 0.15) is 6.04 Å². The van der Waals surface area contributed by atoms with Crippen molar-refractivity contribution in [2.75, 3.05) is 6.61 Å². The standard InChI is InChI=1S/C25H22N2O5/c28-21-14-13-20(23(29)26-21)27-24(30)19-12-7-11-18(22(19)25(27)31)10-5-2-6-15-32-16-17-8-3-1-4-9-17/h1,3-4,7-9,11-12,20H,2,6,13-16H2,(H,26,28,29). The van der Waals surface area contributed by atoms with E-state index in [0.29, 0.717) is 25.2 Å². The third-order valence-corrected chi connectivity index (χ3v) is 5.39. The van der Waals surface area contributed by atoms with E-state index < -0.39 is 29.7 Å². The van der Waals surface area contributed by atoms with E-state index in [9.17, 15) is 19.2 Å². The molecule has 7 heteroatoms. The molecule has 0 radical (unpaired) electrons. The quantitative estimate of drug-likeness (QED) is 0.432. The summed E-state index contributed by atoms with van der Waals surface area (Å²) in [5, 5.41) is 2.19. The largest absolute Gasteiger partial charge is 0.377 e. The third kappa shape index (κ3) is 4.46. The molecule has 0 aliphatic carbocycles. The Kier molecular flexibility index (Phi) is 6.43. The molecule has 2 aliphatic heterocycles. The van der Waals surface area contributed by atoms with E-state index in [0.717, 1.165) is 16.9 Å². The van der Waals surface area contributed by atoms with Gasteiger partial charge in [-0.25, -0.2) is 0 Å². The average Bonchev–Trinajstić information content (AvgIpc) is 3.05. The first-order valence-corrected chi connectivity index (χ1v) is 10.5. The topological polar surface area (TPSA) is 92.8 Å². The molecule has 0 saturated carbocycles. The second-order valence-corrected chi connectivity index (χ2v) is 7.62. The summed E-state index contributed by atoms with van der Waals surface area (Å²) in [5.41, 5.74) is 2.02.